The molecule has 0 aromatic carbocycles. The molecule has 0 saturated carbocycles. The SMILES string of the molecule is CCCCC/C=C\CCCCCCCC(=O)OCCCCCCCCCCCCCC/C=C\CCCCCCCCCCCCCCCCC(=O)NC(CO)C(O)CCCCCCCCCCCCCCCCCCCCCCCCCC. The van der Waals surface area contributed by atoms with E-state index in [4.69, 9.17) is 4.74 Å². The van der Waals surface area contributed by atoms with Crippen molar-refractivity contribution < 1.29 is 24.5 Å². The third-order valence-electron chi connectivity index (χ3n) is 18.0. The molecule has 0 aliphatic heterocycles. The molecule has 6 nitrogen and oxygen atoms in total. The fraction of sp³-hybridized carbons (Fsp3) is 0.922. The molecule has 3 N–H and O–H groups in total. The molecule has 492 valence electrons. The molecule has 0 aliphatic carbocycles. The number of carbonyl (C=O) groups excluding carboxylic acids is 2. The molecule has 0 aliphatic rings. The van der Waals surface area contributed by atoms with Gasteiger partial charge >= 0.3 is 5.97 Å². The number of hydrogen-bond acceptors (Lipinski definition) is 5. The van der Waals surface area contributed by atoms with Crippen LogP contribution in [0.5, 0.6) is 0 Å². The van der Waals surface area contributed by atoms with Gasteiger partial charge in [0.15, 0.2) is 0 Å². The second-order valence-corrected chi connectivity index (χ2v) is 26.3. The van der Waals surface area contributed by atoms with Gasteiger partial charge in [-0.05, 0) is 77.0 Å². The van der Waals surface area contributed by atoms with E-state index in [0.29, 0.717) is 25.9 Å². The Kier molecular flexibility index (Phi) is 71.4. The van der Waals surface area contributed by atoms with Crippen molar-refractivity contribution in [2.75, 3.05) is 13.2 Å². The Bertz CT molecular complexity index is 1300. The van der Waals surface area contributed by atoms with Gasteiger partial charge in [0.25, 0.3) is 0 Å². The van der Waals surface area contributed by atoms with Crippen molar-refractivity contribution in [1.82, 2.24) is 5.32 Å². The van der Waals surface area contributed by atoms with Gasteiger partial charge in [-0.2, -0.15) is 0 Å². The zero-order valence-electron chi connectivity index (χ0n) is 56.5. The molecule has 6 heteroatoms. The predicted molar refractivity (Wildman–Crippen MR) is 366 cm³/mol. The normalized spacial score (nSPS) is 12.6. The lowest BCUT2D eigenvalue weighted by molar-refractivity contribution is -0.143. The van der Waals surface area contributed by atoms with Crippen LogP contribution in [0.2, 0.25) is 0 Å². The molecule has 2 atom stereocenters. The maximum Gasteiger partial charge on any atom is 0.305 e. The zero-order chi connectivity index (χ0) is 59.9. The molecule has 0 aromatic rings. The summed E-state index contributed by atoms with van der Waals surface area (Å²) in [5, 5.41) is 23.5. The molecule has 83 heavy (non-hydrogen) atoms. The lowest BCUT2D eigenvalue weighted by Gasteiger charge is -2.22. The minimum atomic E-state index is -0.665. The maximum atomic E-state index is 12.6. The van der Waals surface area contributed by atoms with Gasteiger partial charge in [-0.25, -0.2) is 0 Å². The van der Waals surface area contributed by atoms with Crippen molar-refractivity contribution in [3.05, 3.63) is 24.3 Å². The van der Waals surface area contributed by atoms with Crippen LogP contribution in [0, 0.1) is 0 Å². The van der Waals surface area contributed by atoms with Crippen LogP contribution in [-0.2, 0) is 14.3 Å². The smallest absolute Gasteiger partial charge is 0.305 e. The number of unbranched alkanes of at least 4 members (excludes halogenated alkanes) is 57. The number of allylic oxidation sites excluding steroid dienone is 4. The standard InChI is InChI=1S/C77H149NO5/c1-3-5-7-9-11-13-15-17-18-19-20-21-22-31-34-37-40-43-46-49-53-57-61-65-69-75(80)74(73-79)78-76(81)70-66-62-58-54-50-47-44-41-38-35-32-29-27-25-23-24-26-28-30-33-36-39-42-45-48-52-56-60-64-68-72-83-77(82)71-67-63-59-55-51-16-14-12-10-8-6-4-2/h12,14,24,26,74-75,79-80H,3-11,13,15-23,25,27-73H2,1-2H3,(H,78,81)/b14-12-,26-24-. The Morgan fingerprint density at radius 3 is 0.880 bits per heavy atom. The lowest BCUT2D eigenvalue weighted by atomic mass is 10.0. The van der Waals surface area contributed by atoms with Gasteiger partial charge in [0.1, 0.15) is 0 Å². The first kappa shape index (κ1) is 81.3. The summed E-state index contributed by atoms with van der Waals surface area (Å²) >= 11 is 0. The highest BCUT2D eigenvalue weighted by Crippen LogP contribution is 2.20. The number of esters is 1. The first-order valence-corrected chi connectivity index (χ1v) is 38.1. The number of aliphatic hydroxyl groups is 2. The van der Waals surface area contributed by atoms with Crippen LogP contribution in [0.3, 0.4) is 0 Å². The molecule has 2 unspecified atom stereocenters. The Balaban J connectivity index is 3.37. The van der Waals surface area contributed by atoms with Crippen molar-refractivity contribution in [1.29, 1.82) is 0 Å². The molecule has 0 bridgehead atoms. The lowest BCUT2D eigenvalue weighted by Crippen LogP contribution is -2.45. The molecule has 0 saturated heterocycles. The van der Waals surface area contributed by atoms with Crippen LogP contribution in [0.25, 0.3) is 0 Å². The Morgan fingerprint density at radius 2 is 0.566 bits per heavy atom. The summed E-state index contributed by atoms with van der Waals surface area (Å²) in [7, 11) is 0. The highest BCUT2D eigenvalue weighted by atomic mass is 16.5. The zero-order valence-corrected chi connectivity index (χ0v) is 56.5. The quantitative estimate of drug-likeness (QED) is 0.0320. The van der Waals surface area contributed by atoms with Crippen molar-refractivity contribution in [2.45, 2.75) is 443 Å². The number of rotatable bonds is 72. The fourth-order valence-corrected chi connectivity index (χ4v) is 12.2. The minimum absolute atomic E-state index is 0.00782. The molecule has 0 heterocycles. The topological polar surface area (TPSA) is 95.9 Å². The van der Waals surface area contributed by atoms with E-state index in [9.17, 15) is 19.8 Å². The predicted octanol–water partition coefficient (Wildman–Crippen LogP) is 24.9. The van der Waals surface area contributed by atoms with Gasteiger partial charge in [-0.15, -0.1) is 0 Å². The summed E-state index contributed by atoms with van der Waals surface area (Å²) in [5.74, 6) is -0.0202. The maximum absolute atomic E-state index is 12.6. The van der Waals surface area contributed by atoms with E-state index in [1.54, 1.807) is 0 Å². The third-order valence-corrected chi connectivity index (χ3v) is 18.0. The highest BCUT2D eigenvalue weighted by molar-refractivity contribution is 5.76. The molecule has 0 fully saturated rings. The summed E-state index contributed by atoms with van der Waals surface area (Å²) in [6.07, 6.45) is 92.5. The van der Waals surface area contributed by atoms with Crippen molar-refractivity contribution in [2.24, 2.45) is 0 Å². The van der Waals surface area contributed by atoms with E-state index in [0.717, 1.165) is 44.9 Å². The number of hydrogen-bond donors (Lipinski definition) is 3. The molecule has 0 aromatic heterocycles. The van der Waals surface area contributed by atoms with Gasteiger partial charge in [0.2, 0.25) is 5.91 Å². The molecule has 0 radical (unpaired) electrons. The van der Waals surface area contributed by atoms with Gasteiger partial charge < -0.3 is 20.3 Å². The fourth-order valence-electron chi connectivity index (χ4n) is 12.2. The first-order chi connectivity index (χ1) is 41.0. The Morgan fingerprint density at radius 1 is 0.325 bits per heavy atom. The van der Waals surface area contributed by atoms with E-state index in [1.165, 1.54) is 353 Å². The summed E-state index contributed by atoms with van der Waals surface area (Å²) in [6.45, 7) is 4.97. The van der Waals surface area contributed by atoms with E-state index in [2.05, 4.69) is 43.5 Å². The summed E-state index contributed by atoms with van der Waals surface area (Å²) < 4.78 is 5.48. The number of carbonyl (C=O) groups is 2. The summed E-state index contributed by atoms with van der Waals surface area (Å²) in [5.41, 5.74) is 0. The van der Waals surface area contributed by atoms with E-state index in [1.807, 2.05) is 0 Å². The van der Waals surface area contributed by atoms with Crippen LogP contribution < -0.4 is 5.32 Å². The molecular weight excluding hydrogens is 1020 g/mol. The Labute approximate surface area is 520 Å². The number of nitrogens with one attached hydrogen (secondary N) is 1. The van der Waals surface area contributed by atoms with Gasteiger partial charge in [0, 0.05) is 12.8 Å². The molecule has 0 rings (SSSR count). The van der Waals surface area contributed by atoms with Gasteiger partial charge in [-0.1, -0.05) is 366 Å². The average molecular weight is 1170 g/mol. The summed E-state index contributed by atoms with van der Waals surface area (Å²) in [4.78, 5) is 24.6. The monoisotopic (exact) mass is 1170 g/mol. The minimum Gasteiger partial charge on any atom is -0.466 e. The number of amides is 1. The van der Waals surface area contributed by atoms with Crippen molar-refractivity contribution in [3.63, 3.8) is 0 Å². The molecular formula is C77H149NO5. The largest absolute Gasteiger partial charge is 0.466 e. The second kappa shape index (κ2) is 72.8. The van der Waals surface area contributed by atoms with Crippen molar-refractivity contribution in [3.8, 4) is 0 Å². The van der Waals surface area contributed by atoms with Crippen LogP contribution >= 0.6 is 0 Å². The molecule has 0 spiro atoms. The van der Waals surface area contributed by atoms with Gasteiger partial charge in [-0.3, -0.25) is 9.59 Å². The first-order valence-electron chi connectivity index (χ1n) is 38.1. The Hall–Kier alpha value is -1.66. The third kappa shape index (κ3) is 69.3. The van der Waals surface area contributed by atoms with Crippen LogP contribution in [-0.4, -0.2) is 47.4 Å². The number of ether oxygens (including phenoxy) is 1. The van der Waals surface area contributed by atoms with Crippen LogP contribution in [0.4, 0.5) is 0 Å². The van der Waals surface area contributed by atoms with Crippen LogP contribution in [0.15, 0.2) is 24.3 Å². The average Bonchev–Trinajstić information content (AvgIpc) is 3.49. The second-order valence-electron chi connectivity index (χ2n) is 26.3. The number of aliphatic hydroxyl groups excluding tert-OH is 2. The highest BCUT2D eigenvalue weighted by Gasteiger charge is 2.20. The van der Waals surface area contributed by atoms with E-state index < -0.39 is 12.1 Å². The van der Waals surface area contributed by atoms with E-state index in [-0.39, 0.29) is 18.5 Å². The van der Waals surface area contributed by atoms with Gasteiger partial charge in [0.05, 0.1) is 25.4 Å². The van der Waals surface area contributed by atoms with E-state index >= 15 is 0 Å². The summed E-state index contributed by atoms with van der Waals surface area (Å²) in [6, 6.07) is -0.542. The van der Waals surface area contributed by atoms with Crippen molar-refractivity contribution >= 4 is 11.9 Å². The van der Waals surface area contributed by atoms with Crippen LogP contribution in [0.1, 0.15) is 431 Å². The molecule has 1 amide bonds.